The summed E-state index contributed by atoms with van der Waals surface area (Å²) in [5, 5.41) is 8.68. The van der Waals surface area contributed by atoms with Crippen LogP contribution in [0.1, 0.15) is 32.0 Å². The summed E-state index contributed by atoms with van der Waals surface area (Å²) in [5.74, 6) is 0.726. The predicted octanol–water partition coefficient (Wildman–Crippen LogP) is 2.26. The van der Waals surface area contributed by atoms with Crippen LogP contribution in [-0.2, 0) is 5.41 Å². The molecule has 0 unspecified atom stereocenters. The molecule has 0 radical (unpaired) electrons. The number of hydrogen-bond acceptors (Lipinski definition) is 3. The first-order chi connectivity index (χ1) is 6.49. The van der Waals surface area contributed by atoms with Gasteiger partial charge in [0.05, 0.1) is 7.11 Å². The van der Waals surface area contributed by atoms with Crippen LogP contribution in [0.2, 0.25) is 0 Å². The van der Waals surface area contributed by atoms with Crippen LogP contribution in [0.15, 0.2) is 12.3 Å². The van der Waals surface area contributed by atoms with E-state index in [0.717, 1.165) is 11.3 Å². The van der Waals surface area contributed by atoms with E-state index in [2.05, 4.69) is 25.8 Å². The fraction of sp³-hybridized carbons (Fsp3) is 0.455. The molecule has 0 aromatic carbocycles. The fourth-order valence-corrected chi connectivity index (χ4v) is 1.23. The van der Waals surface area contributed by atoms with Gasteiger partial charge >= 0.3 is 0 Å². The van der Waals surface area contributed by atoms with Crippen molar-refractivity contribution in [1.82, 2.24) is 4.98 Å². The molecule has 1 aromatic heterocycles. The third-order valence-corrected chi connectivity index (χ3v) is 2.01. The van der Waals surface area contributed by atoms with Crippen molar-refractivity contribution in [3.05, 3.63) is 23.5 Å². The largest absolute Gasteiger partial charge is 0.496 e. The summed E-state index contributed by atoms with van der Waals surface area (Å²) in [5.41, 5.74) is 1.38. The molecule has 0 aliphatic heterocycles. The molecule has 1 rings (SSSR count). The zero-order valence-electron chi connectivity index (χ0n) is 8.96. The SMILES string of the molecule is COc1cc(C#N)ncc1C(C)(C)C. The van der Waals surface area contributed by atoms with Crippen molar-refractivity contribution in [3.63, 3.8) is 0 Å². The molecule has 74 valence electrons. The van der Waals surface area contributed by atoms with Gasteiger partial charge in [0.2, 0.25) is 0 Å². The minimum atomic E-state index is -0.0215. The molecule has 0 aliphatic rings. The lowest BCUT2D eigenvalue weighted by atomic mass is 9.87. The molecular weight excluding hydrogens is 176 g/mol. The van der Waals surface area contributed by atoms with E-state index in [-0.39, 0.29) is 5.41 Å². The van der Waals surface area contributed by atoms with Crippen LogP contribution in [0.4, 0.5) is 0 Å². The number of rotatable bonds is 1. The highest BCUT2D eigenvalue weighted by Crippen LogP contribution is 2.30. The summed E-state index contributed by atoms with van der Waals surface area (Å²) < 4.78 is 5.22. The van der Waals surface area contributed by atoms with Crippen LogP contribution in [0.3, 0.4) is 0 Å². The Morgan fingerprint density at radius 3 is 2.50 bits per heavy atom. The van der Waals surface area contributed by atoms with Gasteiger partial charge in [-0.2, -0.15) is 5.26 Å². The number of nitrogens with zero attached hydrogens (tertiary/aromatic N) is 2. The monoisotopic (exact) mass is 190 g/mol. The van der Waals surface area contributed by atoms with Crippen LogP contribution in [0.5, 0.6) is 5.75 Å². The van der Waals surface area contributed by atoms with Crippen molar-refractivity contribution >= 4 is 0 Å². The summed E-state index contributed by atoms with van der Waals surface area (Å²) in [6.07, 6.45) is 1.71. The molecule has 0 saturated carbocycles. The van der Waals surface area contributed by atoms with E-state index in [1.807, 2.05) is 6.07 Å². The van der Waals surface area contributed by atoms with Crippen molar-refractivity contribution < 1.29 is 4.74 Å². The third-order valence-electron chi connectivity index (χ3n) is 2.01. The van der Waals surface area contributed by atoms with Gasteiger partial charge < -0.3 is 4.74 Å². The van der Waals surface area contributed by atoms with Crippen molar-refractivity contribution in [1.29, 1.82) is 5.26 Å². The molecule has 3 heteroatoms. The van der Waals surface area contributed by atoms with Crippen LogP contribution >= 0.6 is 0 Å². The summed E-state index contributed by atoms with van der Waals surface area (Å²) >= 11 is 0. The maximum atomic E-state index is 8.68. The number of hydrogen-bond donors (Lipinski definition) is 0. The second kappa shape index (κ2) is 3.67. The molecule has 0 amide bonds. The average molecular weight is 190 g/mol. The van der Waals surface area contributed by atoms with E-state index in [0.29, 0.717) is 5.69 Å². The summed E-state index contributed by atoms with van der Waals surface area (Å²) in [6, 6.07) is 3.66. The van der Waals surface area contributed by atoms with Crippen molar-refractivity contribution in [2.75, 3.05) is 7.11 Å². The van der Waals surface area contributed by atoms with Gasteiger partial charge in [-0.3, -0.25) is 0 Å². The van der Waals surface area contributed by atoms with Crippen molar-refractivity contribution in [2.45, 2.75) is 26.2 Å². The number of pyridine rings is 1. The van der Waals surface area contributed by atoms with Crippen LogP contribution in [0, 0.1) is 11.3 Å². The second-order valence-corrected chi connectivity index (χ2v) is 4.13. The molecule has 0 atom stereocenters. The van der Waals surface area contributed by atoms with Gasteiger partial charge in [-0.25, -0.2) is 4.98 Å². The summed E-state index contributed by atoms with van der Waals surface area (Å²) in [4.78, 5) is 4.03. The normalized spacial score (nSPS) is 10.8. The standard InChI is InChI=1S/C11H14N2O/c1-11(2,3)9-7-13-8(6-12)5-10(9)14-4/h5,7H,1-4H3. The average Bonchev–Trinajstić information content (AvgIpc) is 2.15. The van der Waals surface area contributed by atoms with E-state index in [1.54, 1.807) is 19.4 Å². The van der Waals surface area contributed by atoms with Crippen LogP contribution in [-0.4, -0.2) is 12.1 Å². The Labute approximate surface area is 84.3 Å². The predicted molar refractivity (Wildman–Crippen MR) is 54.2 cm³/mol. The molecule has 0 aliphatic carbocycles. The highest BCUT2D eigenvalue weighted by atomic mass is 16.5. The number of ether oxygens (including phenoxy) is 1. The lowest BCUT2D eigenvalue weighted by molar-refractivity contribution is 0.396. The maximum Gasteiger partial charge on any atom is 0.144 e. The van der Waals surface area contributed by atoms with E-state index < -0.39 is 0 Å². The molecule has 0 saturated heterocycles. The Morgan fingerprint density at radius 2 is 2.07 bits per heavy atom. The third kappa shape index (κ3) is 2.02. The van der Waals surface area contributed by atoms with Crippen LogP contribution < -0.4 is 4.74 Å². The maximum absolute atomic E-state index is 8.68. The molecule has 0 N–H and O–H groups in total. The quantitative estimate of drug-likeness (QED) is 0.682. The molecule has 14 heavy (non-hydrogen) atoms. The Hall–Kier alpha value is -1.56. The minimum absolute atomic E-state index is 0.0215. The highest BCUT2D eigenvalue weighted by molar-refractivity contribution is 5.40. The first-order valence-corrected chi connectivity index (χ1v) is 4.43. The van der Waals surface area contributed by atoms with E-state index in [4.69, 9.17) is 10.00 Å². The molecular formula is C11H14N2O. The van der Waals surface area contributed by atoms with Gasteiger partial charge in [-0.15, -0.1) is 0 Å². The Kier molecular flexibility index (Phi) is 2.76. The number of nitriles is 1. The van der Waals surface area contributed by atoms with Gasteiger partial charge in [0.25, 0.3) is 0 Å². The summed E-state index contributed by atoms with van der Waals surface area (Å²) in [6.45, 7) is 6.25. The summed E-state index contributed by atoms with van der Waals surface area (Å²) in [7, 11) is 1.60. The number of methoxy groups -OCH3 is 1. The fourth-order valence-electron chi connectivity index (χ4n) is 1.23. The van der Waals surface area contributed by atoms with Gasteiger partial charge in [0, 0.05) is 17.8 Å². The molecule has 1 heterocycles. The second-order valence-electron chi connectivity index (χ2n) is 4.13. The molecule has 0 bridgehead atoms. The van der Waals surface area contributed by atoms with E-state index >= 15 is 0 Å². The topological polar surface area (TPSA) is 45.9 Å². The Morgan fingerprint density at radius 1 is 1.43 bits per heavy atom. The minimum Gasteiger partial charge on any atom is -0.496 e. The van der Waals surface area contributed by atoms with Gasteiger partial charge in [-0.1, -0.05) is 20.8 Å². The Bertz CT molecular complexity index is 372. The molecule has 3 nitrogen and oxygen atoms in total. The lowest BCUT2D eigenvalue weighted by Gasteiger charge is -2.21. The van der Waals surface area contributed by atoms with E-state index in [1.165, 1.54) is 0 Å². The number of aromatic nitrogens is 1. The van der Waals surface area contributed by atoms with E-state index in [9.17, 15) is 0 Å². The molecule has 0 spiro atoms. The molecule has 1 aromatic rings. The Balaban J connectivity index is 3.27. The van der Waals surface area contributed by atoms with Gasteiger partial charge in [-0.05, 0) is 5.41 Å². The van der Waals surface area contributed by atoms with Crippen molar-refractivity contribution in [3.8, 4) is 11.8 Å². The smallest absolute Gasteiger partial charge is 0.144 e. The zero-order chi connectivity index (χ0) is 10.8. The van der Waals surface area contributed by atoms with Gasteiger partial charge in [0.15, 0.2) is 0 Å². The van der Waals surface area contributed by atoms with Gasteiger partial charge in [0.1, 0.15) is 17.5 Å². The molecule has 0 fully saturated rings. The first-order valence-electron chi connectivity index (χ1n) is 4.43. The van der Waals surface area contributed by atoms with Crippen LogP contribution in [0.25, 0.3) is 0 Å². The highest BCUT2D eigenvalue weighted by Gasteiger charge is 2.19. The lowest BCUT2D eigenvalue weighted by Crippen LogP contribution is -2.13. The zero-order valence-corrected chi connectivity index (χ0v) is 8.96. The van der Waals surface area contributed by atoms with Crippen molar-refractivity contribution in [2.24, 2.45) is 0 Å². The first kappa shape index (κ1) is 10.5.